The van der Waals surface area contributed by atoms with Crippen molar-refractivity contribution in [2.45, 2.75) is 25.9 Å². The van der Waals surface area contributed by atoms with Gasteiger partial charge in [-0.05, 0) is 37.1 Å². The molecule has 3 aromatic carbocycles. The van der Waals surface area contributed by atoms with E-state index in [1.165, 1.54) is 27.4 Å². The summed E-state index contributed by atoms with van der Waals surface area (Å²) in [6.07, 6.45) is 1.50. The van der Waals surface area contributed by atoms with E-state index in [2.05, 4.69) is 10.6 Å². The lowest BCUT2D eigenvalue weighted by atomic mass is 10.0. The summed E-state index contributed by atoms with van der Waals surface area (Å²) >= 11 is 0. The Hall–Kier alpha value is -4.26. The standard InChI is InChI=1S/C29H32N2O5/c1-19(21-12-8-6-9-13-21)30-28(32)24(29(33)31-20(2)22-14-10-7-11-15-22)16-23-17-26(35-4)27(36-5)18-25(23)34-3/h6-20H,1-5H3,(H,30,32)(H,31,33)/t19-,20-/m1/s1. The number of ether oxygens (including phenoxy) is 3. The van der Waals surface area contributed by atoms with Gasteiger partial charge in [-0.2, -0.15) is 0 Å². The summed E-state index contributed by atoms with van der Waals surface area (Å²) in [5.41, 5.74) is 2.28. The highest BCUT2D eigenvalue weighted by Gasteiger charge is 2.23. The molecule has 0 fully saturated rings. The Balaban J connectivity index is 1.99. The van der Waals surface area contributed by atoms with Crippen LogP contribution < -0.4 is 24.8 Å². The van der Waals surface area contributed by atoms with E-state index in [9.17, 15) is 9.59 Å². The molecule has 3 rings (SSSR count). The van der Waals surface area contributed by atoms with E-state index in [1.807, 2.05) is 74.5 Å². The van der Waals surface area contributed by atoms with Crippen LogP contribution in [-0.4, -0.2) is 33.1 Å². The third-order valence-corrected chi connectivity index (χ3v) is 5.82. The highest BCUT2D eigenvalue weighted by atomic mass is 16.5. The molecule has 0 aromatic heterocycles. The normalized spacial score (nSPS) is 12.0. The van der Waals surface area contributed by atoms with Gasteiger partial charge in [0.15, 0.2) is 11.5 Å². The minimum Gasteiger partial charge on any atom is -0.496 e. The molecule has 0 saturated carbocycles. The van der Waals surface area contributed by atoms with E-state index in [-0.39, 0.29) is 17.7 Å². The third-order valence-electron chi connectivity index (χ3n) is 5.82. The topological polar surface area (TPSA) is 85.9 Å². The van der Waals surface area contributed by atoms with Crippen LogP contribution in [0.5, 0.6) is 17.2 Å². The minimum atomic E-state index is -0.513. The van der Waals surface area contributed by atoms with Crippen LogP contribution in [0.3, 0.4) is 0 Å². The maximum Gasteiger partial charge on any atom is 0.257 e. The van der Waals surface area contributed by atoms with E-state index in [4.69, 9.17) is 14.2 Å². The molecular weight excluding hydrogens is 456 g/mol. The van der Waals surface area contributed by atoms with E-state index >= 15 is 0 Å². The summed E-state index contributed by atoms with van der Waals surface area (Å²) in [6, 6.07) is 21.8. The molecule has 7 heteroatoms. The number of nitrogens with one attached hydrogen (secondary N) is 2. The average Bonchev–Trinajstić information content (AvgIpc) is 2.91. The van der Waals surface area contributed by atoms with Crippen molar-refractivity contribution >= 4 is 17.9 Å². The second-order valence-electron chi connectivity index (χ2n) is 8.22. The smallest absolute Gasteiger partial charge is 0.257 e. The molecular formula is C29H32N2O5. The Kier molecular flexibility index (Phi) is 9.11. The minimum absolute atomic E-state index is 0.0638. The fourth-order valence-electron chi connectivity index (χ4n) is 3.75. The Morgan fingerprint density at radius 2 is 1.08 bits per heavy atom. The van der Waals surface area contributed by atoms with Crippen molar-refractivity contribution in [3.05, 3.63) is 95.1 Å². The summed E-state index contributed by atoms with van der Waals surface area (Å²) in [4.78, 5) is 26.9. The van der Waals surface area contributed by atoms with Gasteiger partial charge in [-0.25, -0.2) is 0 Å². The molecule has 0 aliphatic carbocycles. The first-order chi connectivity index (χ1) is 17.4. The largest absolute Gasteiger partial charge is 0.496 e. The van der Waals surface area contributed by atoms with Gasteiger partial charge >= 0.3 is 0 Å². The zero-order valence-electron chi connectivity index (χ0n) is 21.2. The van der Waals surface area contributed by atoms with Gasteiger partial charge in [0.2, 0.25) is 0 Å². The molecule has 2 N–H and O–H groups in total. The molecule has 36 heavy (non-hydrogen) atoms. The summed E-state index contributed by atoms with van der Waals surface area (Å²) in [6.45, 7) is 3.73. The second kappa shape index (κ2) is 12.4. The zero-order chi connectivity index (χ0) is 26.1. The van der Waals surface area contributed by atoms with Crippen LogP contribution in [-0.2, 0) is 9.59 Å². The van der Waals surface area contributed by atoms with Crippen LogP contribution in [0, 0.1) is 0 Å². The fourth-order valence-corrected chi connectivity index (χ4v) is 3.75. The highest BCUT2D eigenvalue weighted by Crippen LogP contribution is 2.35. The lowest BCUT2D eigenvalue weighted by molar-refractivity contribution is -0.124. The van der Waals surface area contributed by atoms with Crippen LogP contribution >= 0.6 is 0 Å². The van der Waals surface area contributed by atoms with Gasteiger partial charge in [-0.3, -0.25) is 9.59 Å². The molecule has 2 atom stereocenters. The van der Waals surface area contributed by atoms with Crippen LogP contribution in [0.2, 0.25) is 0 Å². The van der Waals surface area contributed by atoms with Gasteiger partial charge < -0.3 is 24.8 Å². The Labute approximate surface area is 212 Å². The number of carbonyl (C=O) groups excluding carboxylic acids is 2. The van der Waals surface area contributed by atoms with Crippen molar-refractivity contribution in [2.24, 2.45) is 0 Å². The van der Waals surface area contributed by atoms with Crippen molar-refractivity contribution in [3.63, 3.8) is 0 Å². The first-order valence-corrected chi connectivity index (χ1v) is 11.6. The number of hydrogen-bond acceptors (Lipinski definition) is 5. The molecule has 0 unspecified atom stereocenters. The average molecular weight is 489 g/mol. The molecule has 0 spiro atoms. The van der Waals surface area contributed by atoms with Crippen LogP contribution in [0.1, 0.15) is 42.6 Å². The van der Waals surface area contributed by atoms with E-state index in [1.54, 1.807) is 12.1 Å². The molecule has 0 aliphatic heterocycles. The van der Waals surface area contributed by atoms with E-state index in [0.29, 0.717) is 22.8 Å². The molecule has 0 bridgehead atoms. The number of hydrogen-bond donors (Lipinski definition) is 2. The SMILES string of the molecule is COc1cc(OC)c(OC)cc1C=C(C(=O)N[C@H](C)c1ccccc1)C(=O)N[C@H](C)c1ccccc1. The molecule has 0 heterocycles. The van der Waals surface area contributed by atoms with Crippen molar-refractivity contribution in [3.8, 4) is 17.2 Å². The van der Waals surface area contributed by atoms with Crippen molar-refractivity contribution < 1.29 is 23.8 Å². The lowest BCUT2D eigenvalue weighted by Gasteiger charge is -2.19. The van der Waals surface area contributed by atoms with Crippen molar-refractivity contribution in [1.82, 2.24) is 10.6 Å². The first-order valence-electron chi connectivity index (χ1n) is 11.6. The second-order valence-corrected chi connectivity index (χ2v) is 8.22. The molecule has 3 aromatic rings. The Bertz CT molecular complexity index is 1150. The van der Waals surface area contributed by atoms with Gasteiger partial charge in [0.1, 0.15) is 11.3 Å². The Morgan fingerprint density at radius 3 is 1.50 bits per heavy atom. The number of carbonyl (C=O) groups is 2. The van der Waals surface area contributed by atoms with Crippen LogP contribution in [0.15, 0.2) is 78.4 Å². The van der Waals surface area contributed by atoms with Crippen LogP contribution in [0.4, 0.5) is 0 Å². The molecule has 0 aliphatic rings. The zero-order valence-corrected chi connectivity index (χ0v) is 21.2. The summed E-state index contributed by atoms with van der Waals surface area (Å²) in [5, 5.41) is 5.87. The number of amides is 2. The summed E-state index contributed by atoms with van der Waals surface area (Å²) in [7, 11) is 4.55. The van der Waals surface area contributed by atoms with Gasteiger partial charge in [0, 0.05) is 11.6 Å². The van der Waals surface area contributed by atoms with Gasteiger partial charge in [-0.1, -0.05) is 60.7 Å². The van der Waals surface area contributed by atoms with E-state index in [0.717, 1.165) is 11.1 Å². The lowest BCUT2D eigenvalue weighted by Crippen LogP contribution is -2.36. The molecule has 0 saturated heterocycles. The maximum atomic E-state index is 13.4. The molecule has 7 nitrogen and oxygen atoms in total. The molecule has 188 valence electrons. The predicted octanol–water partition coefficient (Wildman–Crippen LogP) is 4.85. The Morgan fingerprint density at radius 1 is 0.667 bits per heavy atom. The number of benzene rings is 3. The quantitative estimate of drug-likeness (QED) is 0.242. The monoisotopic (exact) mass is 488 g/mol. The van der Waals surface area contributed by atoms with Crippen molar-refractivity contribution in [1.29, 1.82) is 0 Å². The van der Waals surface area contributed by atoms with Crippen LogP contribution in [0.25, 0.3) is 6.08 Å². The third kappa shape index (κ3) is 6.44. The maximum absolute atomic E-state index is 13.4. The van der Waals surface area contributed by atoms with Gasteiger partial charge in [-0.15, -0.1) is 0 Å². The van der Waals surface area contributed by atoms with Gasteiger partial charge in [0.05, 0.1) is 33.4 Å². The molecule has 2 amide bonds. The van der Waals surface area contributed by atoms with Gasteiger partial charge in [0.25, 0.3) is 11.8 Å². The molecule has 0 radical (unpaired) electrons. The fraction of sp³-hybridized carbons (Fsp3) is 0.241. The predicted molar refractivity (Wildman–Crippen MR) is 140 cm³/mol. The summed E-state index contributed by atoms with van der Waals surface area (Å²) in [5.74, 6) is 0.317. The summed E-state index contributed by atoms with van der Waals surface area (Å²) < 4.78 is 16.3. The number of rotatable bonds is 10. The first kappa shape index (κ1) is 26.3. The highest BCUT2D eigenvalue weighted by molar-refractivity contribution is 6.22. The number of methoxy groups -OCH3 is 3. The van der Waals surface area contributed by atoms with Crippen molar-refractivity contribution in [2.75, 3.05) is 21.3 Å². The van der Waals surface area contributed by atoms with E-state index < -0.39 is 11.8 Å².